The molecule has 66 valence electrons. The molecule has 3 heteroatoms. The maximum absolute atomic E-state index is 5.31. The first-order valence-electron chi connectivity index (χ1n) is 3.79. The molecule has 0 rings (SSSR count). The minimum absolute atomic E-state index is 0.995. The van der Waals surface area contributed by atoms with Gasteiger partial charge in [0, 0.05) is 14.2 Å². The predicted octanol–water partition coefficient (Wildman–Crippen LogP) is 2.32. The molecule has 0 saturated heterocycles. The van der Waals surface area contributed by atoms with Crippen molar-refractivity contribution in [2.45, 2.75) is 25.9 Å². The third-order valence-electron chi connectivity index (χ3n) is 1.87. The van der Waals surface area contributed by atoms with Gasteiger partial charge in [0.25, 0.3) is 0 Å². The molecule has 0 bridgehead atoms. The molecule has 0 spiro atoms. The van der Waals surface area contributed by atoms with Gasteiger partial charge in [-0.2, -0.15) is 0 Å². The number of hydrogen-bond acceptors (Lipinski definition) is 2. The monoisotopic (exact) mass is 174 g/mol. The van der Waals surface area contributed by atoms with Gasteiger partial charge in [-0.3, -0.25) is 0 Å². The maximum atomic E-state index is 5.31. The highest BCUT2D eigenvalue weighted by Gasteiger charge is 2.27. The lowest BCUT2D eigenvalue weighted by Gasteiger charge is -2.22. The van der Waals surface area contributed by atoms with Crippen molar-refractivity contribution in [3.8, 4) is 0 Å². The Bertz CT molecular complexity index is 130. The molecule has 0 aliphatic rings. The molecular formula is C8H18O2Si. The summed E-state index contributed by atoms with van der Waals surface area (Å²) < 4.78 is 10.6. The van der Waals surface area contributed by atoms with Crippen LogP contribution in [-0.4, -0.2) is 22.8 Å². The highest BCUT2D eigenvalue weighted by atomic mass is 28.4. The number of allylic oxidation sites excluding steroid dienone is 1. The Morgan fingerprint density at radius 3 is 2.09 bits per heavy atom. The van der Waals surface area contributed by atoms with Gasteiger partial charge in [0.15, 0.2) is 0 Å². The van der Waals surface area contributed by atoms with Crippen LogP contribution >= 0.6 is 0 Å². The highest BCUT2D eigenvalue weighted by Crippen LogP contribution is 2.16. The van der Waals surface area contributed by atoms with Crippen molar-refractivity contribution < 1.29 is 8.85 Å². The molecule has 0 heterocycles. The summed E-state index contributed by atoms with van der Waals surface area (Å²) in [5.41, 5.74) is 1.19. The Hall–Kier alpha value is -0.123. The Morgan fingerprint density at radius 1 is 1.36 bits per heavy atom. The standard InChI is InChI=1S/C8H18O2Si/c1-8(2)6-7-11(5,9-3)10-4/h1,6-7H2,2-5H3. The molecule has 0 fully saturated rings. The zero-order chi connectivity index (χ0) is 8.91. The van der Waals surface area contributed by atoms with E-state index in [1.807, 2.05) is 6.92 Å². The van der Waals surface area contributed by atoms with E-state index in [1.54, 1.807) is 14.2 Å². The van der Waals surface area contributed by atoms with Crippen LogP contribution in [0.1, 0.15) is 13.3 Å². The summed E-state index contributed by atoms with van der Waals surface area (Å²) in [5, 5.41) is 0. The van der Waals surface area contributed by atoms with Gasteiger partial charge < -0.3 is 8.85 Å². The Kier molecular flexibility index (Phi) is 4.64. The number of rotatable bonds is 5. The minimum atomic E-state index is -1.82. The van der Waals surface area contributed by atoms with Crippen molar-refractivity contribution in [2.75, 3.05) is 14.2 Å². The van der Waals surface area contributed by atoms with Crippen molar-refractivity contribution in [1.82, 2.24) is 0 Å². The lowest BCUT2D eigenvalue weighted by molar-refractivity contribution is 0.249. The molecule has 0 amide bonds. The summed E-state index contributed by atoms with van der Waals surface area (Å²) in [6, 6.07) is 0.995. The van der Waals surface area contributed by atoms with Crippen LogP contribution in [0.25, 0.3) is 0 Å². The molecule has 0 N–H and O–H groups in total. The van der Waals surface area contributed by atoms with Crippen LogP contribution in [0.2, 0.25) is 12.6 Å². The molecule has 0 aromatic heterocycles. The lowest BCUT2D eigenvalue weighted by Crippen LogP contribution is -2.35. The van der Waals surface area contributed by atoms with Crippen LogP contribution in [0.4, 0.5) is 0 Å². The summed E-state index contributed by atoms with van der Waals surface area (Å²) in [7, 11) is 1.61. The van der Waals surface area contributed by atoms with E-state index in [2.05, 4.69) is 13.1 Å². The first kappa shape index (κ1) is 10.9. The van der Waals surface area contributed by atoms with E-state index >= 15 is 0 Å². The first-order valence-corrected chi connectivity index (χ1v) is 6.31. The molecule has 0 atom stereocenters. The van der Waals surface area contributed by atoms with Crippen LogP contribution < -0.4 is 0 Å². The Morgan fingerprint density at radius 2 is 1.82 bits per heavy atom. The van der Waals surface area contributed by atoms with Gasteiger partial charge in [0.05, 0.1) is 0 Å². The van der Waals surface area contributed by atoms with Crippen LogP contribution in [0.5, 0.6) is 0 Å². The molecule has 0 aliphatic heterocycles. The molecule has 0 aliphatic carbocycles. The van der Waals surface area contributed by atoms with E-state index in [0.29, 0.717) is 0 Å². The molecule has 0 saturated carbocycles. The van der Waals surface area contributed by atoms with Gasteiger partial charge in [-0.05, 0) is 25.9 Å². The van der Waals surface area contributed by atoms with Crippen molar-refractivity contribution in [3.05, 3.63) is 12.2 Å². The van der Waals surface area contributed by atoms with Gasteiger partial charge in [-0.25, -0.2) is 0 Å². The highest BCUT2D eigenvalue weighted by molar-refractivity contribution is 6.65. The van der Waals surface area contributed by atoms with Crippen LogP contribution in [0, 0.1) is 0 Å². The van der Waals surface area contributed by atoms with Crippen LogP contribution in [-0.2, 0) is 8.85 Å². The van der Waals surface area contributed by atoms with E-state index in [0.717, 1.165) is 12.5 Å². The van der Waals surface area contributed by atoms with Crippen LogP contribution in [0.3, 0.4) is 0 Å². The van der Waals surface area contributed by atoms with Crippen molar-refractivity contribution in [2.24, 2.45) is 0 Å². The maximum Gasteiger partial charge on any atom is 0.334 e. The van der Waals surface area contributed by atoms with Gasteiger partial charge in [0.1, 0.15) is 0 Å². The second-order valence-corrected chi connectivity index (χ2v) is 6.58. The van der Waals surface area contributed by atoms with E-state index in [4.69, 9.17) is 8.85 Å². The van der Waals surface area contributed by atoms with Crippen molar-refractivity contribution in [1.29, 1.82) is 0 Å². The zero-order valence-electron chi connectivity index (χ0n) is 7.94. The molecule has 11 heavy (non-hydrogen) atoms. The molecular weight excluding hydrogens is 156 g/mol. The minimum Gasteiger partial charge on any atom is -0.398 e. The molecule has 0 radical (unpaired) electrons. The van der Waals surface area contributed by atoms with Gasteiger partial charge >= 0.3 is 8.56 Å². The molecule has 2 nitrogen and oxygen atoms in total. The fourth-order valence-electron chi connectivity index (χ4n) is 0.728. The Balaban J connectivity index is 3.78. The van der Waals surface area contributed by atoms with Crippen molar-refractivity contribution in [3.63, 3.8) is 0 Å². The topological polar surface area (TPSA) is 18.5 Å². The van der Waals surface area contributed by atoms with Gasteiger partial charge in [0.2, 0.25) is 0 Å². The summed E-state index contributed by atoms with van der Waals surface area (Å²) in [5.74, 6) is 0. The second-order valence-electron chi connectivity index (χ2n) is 3.00. The van der Waals surface area contributed by atoms with Gasteiger partial charge in [-0.1, -0.05) is 5.57 Å². The second kappa shape index (κ2) is 4.69. The smallest absolute Gasteiger partial charge is 0.334 e. The summed E-state index contributed by atoms with van der Waals surface area (Å²) in [6.45, 7) is 7.93. The largest absolute Gasteiger partial charge is 0.398 e. The van der Waals surface area contributed by atoms with E-state index in [-0.39, 0.29) is 0 Å². The quantitative estimate of drug-likeness (QED) is 0.470. The third-order valence-corrected chi connectivity index (χ3v) is 4.75. The average molecular weight is 174 g/mol. The fourth-order valence-corrected chi connectivity index (χ4v) is 2.18. The number of hydrogen-bond donors (Lipinski definition) is 0. The lowest BCUT2D eigenvalue weighted by atomic mass is 10.3. The summed E-state index contributed by atoms with van der Waals surface area (Å²) >= 11 is 0. The molecule has 0 unspecified atom stereocenters. The SMILES string of the molecule is C=C(C)CC[Si](C)(OC)OC. The van der Waals surface area contributed by atoms with E-state index < -0.39 is 8.56 Å². The Labute approximate surface area is 70.5 Å². The average Bonchev–Trinajstić information content (AvgIpc) is 2.00. The van der Waals surface area contributed by atoms with Crippen molar-refractivity contribution >= 4 is 8.56 Å². The van der Waals surface area contributed by atoms with Crippen LogP contribution in [0.15, 0.2) is 12.2 Å². The zero-order valence-corrected chi connectivity index (χ0v) is 8.94. The summed E-state index contributed by atoms with van der Waals surface area (Å²) in [6.07, 6.45) is 1.00. The molecule has 0 aromatic carbocycles. The third kappa shape index (κ3) is 4.34. The van der Waals surface area contributed by atoms with E-state index in [9.17, 15) is 0 Å². The first-order chi connectivity index (χ1) is 5.04. The summed E-state index contributed by atoms with van der Waals surface area (Å²) in [4.78, 5) is 0. The normalized spacial score (nSPS) is 11.6. The predicted molar refractivity (Wildman–Crippen MR) is 49.9 cm³/mol. The van der Waals surface area contributed by atoms with E-state index in [1.165, 1.54) is 5.57 Å². The molecule has 0 aromatic rings. The fraction of sp³-hybridized carbons (Fsp3) is 0.750. The van der Waals surface area contributed by atoms with Gasteiger partial charge in [-0.15, -0.1) is 6.58 Å².